The van der Waals surface area contributed by atoms with E-state index in [0.717, 1.165) is 41.8 Å². The van der Waals surface area contributed by atoms with Gasteiger partial charge in [-0.3, -0.25) is 14.6 Å². The fraction of sp³-hybridized carbons (Fsp3) is 0.360. The van der Waals surface area contributed by atoms with Gasteiger partial charge in [-0.2, -0.15) is 4.39 Å². The highest BCUT2D eigenvalue weighted by Crippen LogP contribution is 2.36. The molecule has 1 saturated carbocycles. The van der Waals surface area contributed by atoms with Gasteiger partial charge >= 0.3 is 0 Å². The van der Waals surface area contributed by atoms with E-state index in [-0.39, 0.29) is 23.5 Å². The third-order valence-electron chi connectivity index (χ3n) is 6.30. The molecule has 0 radical (unpaired) electrons. The van der Waals surface area contributed by atoms with Crippen LogP contribution in [0.4, 0.5) is 4.39 Å². The maximum Gasteiger partial charge on any atom is 0.254 e. The van der Waals surface area contributed by atoms with E-state index in [4.69, 9.17) is 4.98 Å². The molecule has 2 aliphatic carbocycles. The highest BCUT2D eigenvalue weighted by molar-refractivity contribution is 5.95. The molecule has 5 rings (SSSR count). The summed E-state index contributed by atoms with van der Waals surface area (Å²) in [4.78, 5) is 35.2. The number of ketones is 1. The Morgan fingerprint density at radius 3 is 2.84 bits per heavy atom. The minimum absolute atomic E-state index is 0.108. The number of pyridine rings is 2. The average molecular weight is 417 g/mol. The van der Waals surface area contributed by atoms with E-state index in [9.17, 15) is 14.0 Å². The molecule has 2 aromatic rings. The Kier molecular flexibility index (Phi) is 5.00. The van der Waals surface area contributed by atoms with E-state index in [1.807, 2.05) is 0 Å². The molecule has 1 aliphatic heterocycles. The number of halogens is 1. The van der Waals surface area contributed by atoms with Crippen molar-refractivity contribution in [2.75, 3.05) is 13.1 Å². The van der Waals surface area contributed by atoms with Crippen LogP contribution < -0.4 is 0 Å². The van der Waals surface area contributed by atoms with E-state index in [2.05, 4.69) is 36.2 Å². The largest absolute Gasteiger partial charge is 0.334 e. The number of carbonyl (C=O) groups excluding carboxylic acids is 2. The number of amides is 1. The zero-order valence-corrected chi connectivity index (χ0v) is 17.5. The van der Waals surface area contributed by atoms with Crippen LogP contribution in [-0.2, 0) is 17.6 Å². The fourth-order valence-corrected chi connectivity index (χ4v) is 4.53. The number of allylic oxidation sites excluding steroid dienone is 1. The van der Waals surface area contributed by atoms with Crippen molar-refractivity contribution in [2.24, 2.45) is 11.8 Å². The molecule has 158 valence electrons. The van der Waals surface area contributed by atoms with Gasteiger partial charge in [-0.1, -0.05) is 25.2 Å². The van der Waals surface area contributed by atoms with Crippen molar-refractivity contribution >= 4 is 23.3 Å². The predicted octanol–water partition coefficient (Wildman–Crippen LogP) is 3.88. The molecule has 1 atom stereocenters. The molecule has 0 aromatic carbocycles. The summed E-state index contributed by atoms with van der Waals surface area (Å²) in [6, 6.07) is 4.78. The zero-order valence-electron chi connectivity index (χ0n) is 17.5. The van der Waals surface area contributed by atoms with Crippen LogP contribution in [0.25, 0.3) is 11.6 Å². The SMILES string of the molecule is CC1CN(C(=O)c2ccnc(F)c2)CC=C1c1cc(CC(=O)C2CC2)nc2c1C=CC2. The second-order valence-electron chi connectivity index (χ2n) is 8.68. The first kappa shape index (κ1) is 19.8. The number of carbonyl (C=O) groups is 2. The van der Waals surface area contributed by atoms with Crippen LogP contribution in [0.1, 0.15) is 52.6 Å². The summed E-state index contributed by atoms with van der Waals surface area (Å²) in [5.74, 6) is -0.228. The maximum atomic E-state index is 13.4. The molecule has 2 aromatic heterocycles. The zero-order chi connectivity index (χ0) is 21.5. The molecule has 1 amide bonds. The van der Waals surface area contributed by atoms with Crippen molar-refractivity contribution in [3.05, 3.63) is 70.6 Å². The Morgan fingerprint density at radius 2 is 2.10 bits per heavy atom. The number of hydrogen-bond donors (Lipinski definition) is 0. The quantitative estimate of drug-likeness (QED) is 0.693. The number of aromatic nitrogens is 2. The Bertz CT molecular complexity index is 1130. The van der Waals surface area contributed by atoms with E-state index in [1.165, 1.54) is 17.8 Å². The Labute approximate surface area is 180 Å². The van der Waals surface area contributed by atoms with Crippen molar-refractivity contribution in [3.63, 3.8) is 0 Å². The average Bonchev–Trinajstić information content (AvgIpc) is 3.51. The molecule has 0 N–H and O–H groups in total. The molecule has 6 heteroatoms. The smallest absolute Gasteiger partial charge is 0.254 e. The molecule has 3 heterocycles. The van der Waals surface area contributed by atoms with Crippen molar-refractivity contribution in [1.29, 1.82) is 0 Å². The van der Waals surface area contributed by atoms with Gasteiger partial charge in [0.2, 0.25) is 5.95 Å². The van der Waals surface area contributed by atoms with Crippen LogP contribution in [0, 0.1) is 17.8 Å². The maximum absolute atomic E-state index is 13.4. The summed E-state index contributed by atoms with van der Waals surface area (Å²) >= 11 is 0. The van der Waals surface area contributed by atoms with Gasteiger partial charge in [0.1, 0.15) is 5.78 Å². The number of hydrogen-bond acceptors (Lipinski definition) is 4. The third kappa shape index (κ3) is 3.94. The summed E-state index contributed by atoms with van der Waals surface area (Å²) in [6.45, 7) is 3.10. The molecule has 0 saturated heterocycles. The monoisotopic (exact) mass is 417 g/mol. The summed E-state index contributed by atoms with van der Waals surface area (Å²) in [5, 5.41) is 0. The summed E-state index contributed by atoms with van der Waals surface area (Å²) in [7, 11) is 0. The summed E-state index contributed by atoms with van der Waals surface area (Å²) in [6.07, 6.45) is 10.8. The molecule has 0 spiro atoms. The molecular weight excluding hydrogens is 393 g/mol. The van der Waals surface area contributed by atoms with Crippen LogP contribution in [0.15, 0.2) is 36.5 Å². The molecule has 5 nitrogen and oxygen atoms in total. The van der Waals surface area contributed by atoms with Crippen LogP contribution in [-0.4, -0.2) is 39.6 Å². The number of fused-ring (bicyclic) bond motifs is 1. The number of Topliss-reactive ketones (excluding diaryl/α,β-unsaturated/α-hetero) is 1. The lowest BCUT2D eigenvalue weighted by atomic mass is 9.87. The van der Waals surface area contributed by atoms with Crippen LogP contribution in [0.5, 0.6) is 0 Å². The van der Waals surface area contributed by atoms with Gasteiger partial charge in [-0.15, -0.1) is 0 Å². The van der Waals surface area contributed by atoms with Gasteiger partial charge in [-0.05, 0) is 42.0 Å². The van der Waals surface area contributed by atoms with Crippen LogP contribution in [0.2, 0.25) is 0 Å². The van der Waals surface area contributed by atoms with Gasteiger partial charge < -0.3 is 4.90 Å². The predicted molar refractivity (Wildman–Crippen MR) is 116 cm³/mol. The first-order valence-corrected chi connectivity index (χ1v) is 10.8. The van der Waals surface area contributed by atoms with Gasteiger partial charge in [0.05, 0.1) is 5.69 Å². The lowest BCUT2D eigenvalue weighted by Gasteiger charge is -2.32. The Morgan fingerprint density at radius 1 is 1.26 bits per heavy atom. The Hall–Kier alpha value is -3.15. The van der Waals surface area contributed by atoms with E-state index < -0.39 is 5.95 Å². The molecule has 3 aliphatic rings. The first-order chi connectivity index (χ1) is 15.0. The van der Waals surface area contributed by atoms with Gasteiger partial charge in [-0.25, -0.2) is 4.98 Å². The Balaban J connectivity index is 1.42. The van der Waals surface area contributed by atoms with E-state index in [1.54, 1.807) is 11.0 Å². The standard InChI is InChI=1S/C25H24FN3O2/c1-15-14-29(25(31)17-7-9-27-24(26)11-17)10-8-19(15)21-12-18(13-23(30)16-5-6-16)28-22-4-2-3-20(21)22/h2-3,7-9,11-12,15-16H,4-6,10,13-14H2,1H3. The second kappa shape index (κ2) is 7.84. The molecule has 0 bridgehead atoms. The molecule has 31 heavy (non-hydrogen) atoms. The lowest BCUT2D eigenvalue weighted by Crippen LogP contribution is -2.38. The fourth-order valence-electron chi connectivity index (χ4n) is 4.53. The second-order valence-corrected chi connectivity index (χ2v) is 8.68. The van der Waals surface area contributed by atoms with Crippen LogP contribution >= 0.6 is 0 Å². The highest BCUT2D eigenvalue weighted by atomic mass is 19.1. The van der Waals surface area contributed by atoms with Crippen molar-refractivity contribution in [3.8, 4) is 0 Å². The van der Waals surface area contributed by atoms with Gasteiger partial charge in [0, 0.05) is 60.9 Å². The molecule has 1 fully saturated rings. The number of nitrogens with zero attached hydrogens (tertiary/aromatic N) is 3. The summed E-state index contributed by atoms with van der Waals surface area (Å²) < 4.78 is 13.4. The summed E-state index contributed by atoms with van der Waals surface area (Å²) in [5.41, 5.74) is 5.59. The third-order valence-corrected chi connectivity index (χ3v) is 6.30. The first-order valence-electron chi connectivity index (χ1n) is 10.8. The topological polar surface area (TPSA) is 63.2 Å². The van der Waals surface area contributed by atoms with Gasteiger partial charge in [0.15, 0.2) is 0 Å². The van der Waals surface area contributed by atoms with Crippen molar-refractivity contribution in [2.45, 2.75) is 32.6 Å². The van der Waals surface area contributed by atoms with E-state index in [0.29, 0.717) is 25.1 Å². The number of rotatable bonds is 5. The van der Waals surface area contributed by atoms with Crippen molar-refractivity contribution < 1.29 is 14.0 Å². The van der Waals surface area contributed by atoms with Gasteiger partial charge in [0.25, 0.3) is 5.91 Å². The molecular formula is C25H24FN3O2. The highest BCUT2D eigenvalue weighted by Gasteiger charge is 2.31. The van der Waals surface area contributed by atoms with Crippen LogP contribution in [0.3, 0.4) is 0 Å². The minimum atomic E-state index is -0.653. The minimum Gasteiger partial charge on any atom is -0.334 e. The normalized spacial score (nSPS) is 19.9. The van der Waals surface area contributed by atoms with Crippen molar-refractivity contribution in [1.82, 2.24) is 14.9 Å². The van der Waals surface area contributed by atoms with E-state index >= 15 is 0 Å². The molecule has 1 unspecified atom stereocenters. The lowest BCUT2D eigenvalue weighted by molar-refractivity contribution is -0.119.